The van der Waals surface area contributed by atoms with Gasteiger partial charge in [0.25, 0.3) is 0 Å². The number of hydrogen-bond donors (Lipinski definition) is 0. The Bertz CT molecular complexity index is 291. The summed E-state index contributed by atoms with van der Waals surface area (Å²) < 4.78 is 30.7. The normalized spacial score (nSPS) is 10.2. The monoisotopic (exact) mass is 220 g/mol. The molecule has 0 radical (unpaired) electrons. The highest BCUT2D eigenvalue weighted by Gasteiger charge is 2.03. The highest BCUT2D eigenvalue weighted by atomic mass is 35.5. The summed E-state index contributed by atoms with van der Waals surface area (Å²) in [5.41, 5.74) is 0. The largest absolute Gasteiger partial charge is 0.490 e. The average Bonchev–Trinajstić information content (AvgIpc) is 2.18. The van der Waals surface area contributed by atoms with Crippen LogP contribution in [-0.4, -0.2) is 12.5 Å². The first-order valence-corrected chi connectivity index (χ1v) is 4.91. The smallest absolute Gasteiger partial charge is 0.165 e. The number of benzene rings is 1. The molecule has 14 heavy (non-hydrogen) atoms. The molecule has 0 fully saturated rings. The van der Waals surface area contributed by atoms with Crippen LogP contribution in [0.25, 0.3) is 0 Å². The number of alkyl halides is 1. The fourth-order valence-electron chi connectivity index (χ4n) is 0.966. The summed E-state index contributed by atoms with van der Waals surface area (Å²) in [6.45, 7) is 0.354. The van der Waals surface area contributed by atoms with E-state index in [0.717, 1.165) is 31.0 Å². The molecule has 0 amide bonds. The van der Waals surface area contributed by atoms with Gasteiger partial charge in [-0.15, -0.1) is 11.6 Å². The second-order valence-corrected chi connectivity index (χ2v) is 3.20. The van der Waals surface area contributed by atoms with Crippen molar-refractivity contribution in [3.8, 4) is 5.75 Å². The van der Waals surface area contributed by atoms with E-state index in [1.165, 1.54) is 0 Å². The van der Waals surface area contributed by atoms with Gasteiger partial charge in [0.1, 0.15) is 5.82 Å². The van der Waals surface area contributed by atoms with Gasteiger partial charge in [-0.1, -0.05) is 0 Å². The Labute approximate surface area is 86.6 Å². The zero-order valence-corrected chi connectivity index (χ0v) is 8.36. The van der Waals surface area contributed by atoms with Crippen LogP contribution in [0.5, 0.6) is 5.75 Å². The fraction of sp³-hybridized carbons (Fsp3) is 0.400. The van der Waals surface area contributed by atoms with Crippen LogP contribution in [0, 0.1) is 11.6 Å². The molecule has 0 aliphatic rings. The summed E-state index contributed by atoms with van der Waals surface area (Å²) >= 11 is 5.45. The minimum atomic E-state index is -0.544. The molecule has 1 aromatic carbocycles. The Morgan fingerprint density at radius 2 is 2.00 bits per heavy atom. The average molecular weight is 221 g/mol. The van der Waals surface area contributed by atoms with E-state index in [9.17, 15) is 8.78 Å². The standard InChI is InChI=1S/C10H11ClF2O/c11-5-1-2-6-14-10-7-8(12)3-4-9(10)13/h3-4,7H,1-2,5-6H2. The van der Waals surface area contributed by atoms with Crippen LogP contribution in [0.2, 0.25) is 0 Å². The van der Waals surface area contributed by atoms with E-state index in [1.54, 1.807) is 0 Å². The third-order valence-electron chi connectivity index (χ3n) is 1.68. The third kappa shape index (κ3) is 3.50. The number of ether oxygens (including phenoxy) is 1. The maximum Gasteiger partial charge on any atom is 0.165 e. The van der Waals surface area contributed by atoms with Gasteiger partial charge >= 0.3 is 0 Å². The van der Waals surface area contributed by atoms with Crippen molar-refractivity contribution in [1.82, 2.24) is 0 Å². The van der Waals surface area contributed by atoms with Gasteiger partial charge in [0, 0.05) is 11.9 Å². The molecule has 0 unspecified atom stereocenters. The second-order valence-electron chi connectivity index (χ2n) is 2.82. The summed E-state index contributed by atoms with van der Waals surface area (Å²) in [6.07, 6.45) is 1.54. The molecule has 4 heteroatoms. The van der Waals surface area contributed by atoms with E-state index >= 15 is 0 Å². The van der Waals surface area contributed by atoms with Gasteiger partial charge in [0.2, 0.25) is 0 Å². The Balaban J connectivity index is 2.45. The summed E-state index contributed by atoms with van der Waals surface area (Å²) in [7, 11) is 0. The number of unbranched alkanes of at least 4 members (excludes halogenated alkanes) is 1. The minimum Gasteiger partial charge on any atom is -0.490 e. The fourth-order valence-corrected chi connectivity index (χ4v) is 1.16. The van der Waals surface area contributed by atoms with Crippen molar-refractivity contribution in [3.05, 3.63) is 29.8 Å². The zero-order valence-electron chi connectivity index (χ0n) is 7.60. The summed E-state index contributed by atoms with van der Waals surface area (Å²) in [5, 5.41) is 0. The van der Waals surface area contributed by atoms with Crippen molar-refractivity contribution in [2.24, 2.45) is 0 Å². The maximum atomic E-state index is 13.0. The molecule has 0 N–H and O–H groups in total. The van der Waals surface area contributed by atoms with Gasteiger partial charge in [0.05, 0.1) is 6.61 Å². The van der Waals surface area contributed by atoms with Gasteiger partial charge < -0.3 is 4.74 Å². The van der Waals surface area contributed by atoms with Crippen LogP contribution in [0.4, 0.5) is 8.78 Å². The van der Waals surface area contributed by atoms with Crippen LogP contribution in [0.3, 0.4) is 0 Å². The molecule has 1 nitrogen and oxygen atoms in total. The number of hydrogen-bond acceptors (Lipinski definition) is 1. The predicted molar refractivity (Wildman–Crippen MR) is 51.8 cm³/mol. The van der Waals surface area contributed by atoms with E-state index in [4.69, 9.17) is 16.3 Å². The lowest BCUT2D eigenvalue weighted by Gasteiger charge is -2.06. The number of rotatable bonds is 5. The molecule has 78 valence electrons. The first-order chi connectivity index (χ1) is 6.74. The van der Waals surface area contributed by atoms with E-state index in [1.807, 2.05) is 0 Å². The van der Waals surface area contributed by atoms with Gasteiger partial charge in [-0.25, -0.2) is 8.78 Å². The Morgan fingerprint density at radius 3 is 2.71 bits per heavy atom. The Kier molecular flexibility index (Phi) is 4.66. The third-order valence-corrected chi connectivity index (χ3v) is 1.95. The molecule has 0 aliphatic heterocycles. The van der Waals surface area contributed by atoms with Crippen LogP contribution < -0.4 is 4.74 Å². The van der Waals surface area contributed by atoms with Gasteiger partial charge in [-0.2, -0.15) is 0 Å². The SMILES string of the molecule is Fc1ccc(F)c(OCCCCCl)c1. The van der Waals surface area contributed by atoms with Crippen molar-refractivity contribution in [1.29, 1.82) is 0 Å². The summed E-state index contributed by atoms with van der Waals surface area (Å²) in [6, 6.07) is 3.14. The van der Waals surface area contributed by atoms with E-state index in [0.29, 0.717) is 12.5 Å². The molecular formula is C10H11ClF2O. The molecule has 0 atom stereocenters. The lowest BCUT2D eigenvalue weighted by atomic mass is 10.3. The van der Waals surface area contributed by atoms with Gasteiger partial charge in [0.15, 0.2) is 11.6 Å². The Morgan fingerprint density at radius 1 is 1.21 bits per heavy atom. The van der Waals surface area contributed by atoms with Gasteiger partial charge in [-0.3, -0.25) is 0 Å². The van der Waals surface area contributed by atoms with E-state index in [2.05, 4.69) is 0 Å². The van der Waals surface area contributed by atoms with Crippen molar-refractivity contribution in [2.45, 2.75) is 12.8 Å². The molecule has 0 spiro atoms. The second kappa shape index (κ2) is 5.81. The van der Waals surface area contributed by atoms with E-state index < -0.39 is 11.6 Å². The molecule has 0 aromatic heterocycles. The first-order valence-electron chi connectivity index (χ1n) is 4.38. The molecule has 0 saturated heterocycles. The van der Waals surface area contributed by atoms with Crippen molar-refractivity contribution in [2.75, 3.05) is 12.5 Å². The van der Waals surface area contributed by atoms with Crippen molar-refractivity contribution >= 4 is 11.6 Å². The zero-order chi connectivity index (χ0) is 10.4. The minimum absolute atomic E-state index is 0.0421. The molecule has 0 heterocycles. The maximum absolute atomic E-state index is 13.0. The van der Waals surface area contributed by atoms with Crippen LogP contribution in [0.15, 0.2) is 18.2 Å². The molecular weight excluding hydrogens is 210 g/mol. The lowest BCUT2D eigenvalue weighted by Crippen LogP contribution is -1.99. The molecule has 0 bridgehead atoms. The highest BCUT2D eigenvalue weighted by Crippen LogP contribution is 2.18. The van der Waals surface area contributed by atoms with Crippen molar-refractivity contribution in [3.63, 3.8) is 0 Å². The molecule has 0 saturated carbocycles. The highest BCUT2D eigenvalue weighted by molar-refractivity contribution is 6.17. The van der Waals surface area contributed by atoms with Crippen molar-refractivity contribution < 1.29 is 13.5 Å². The van der Waals surface area contributed by atoms with Crippen LogP contribution in [0.1, 0.15) is 12.8 Å². The van der Waals surface area contributed by atoms with Crippen LogP contribution >= 0.6 is 11.6 Å². The number of halogens is 3. The first kappa shape index (κ1) is 11.2. The summed E-state index contributed by atoms with van der Waals surface area (Å²) in [5.74, 6) is -0.537. The molecule has 1 aromatic rings. The molecule has 1 rings (SSSR count). The lowest BCUT2D eigenvalue weighted by molar-refractivity contribution is 0.293. The van der Waals surface area contributed by atoms with Gasteiger partial charge in [-0.05, 0) is 25.0 Å². The predicted octanol–water partition coefficient (Wildman–Crippen LogP) is 3.36. The quantitative estimate of drug-likeness (QED) is 0.546. The topological polar surface area (TPSA) is 9.23 Å². The Hall–Kier alpha value is -0.830. The van der Waals surface area contributed by atoms with E-state index in [-0.39, 0.29) is 5.75 Å². The molecule has 0 aliphatic carbocycles. The summed E-state index contributed by atoms with van der Waals surface area (Å²) in [4.78, 5) is 0. The van der Waals surface area contributed by atoms with Crippen LogP contribution in [-0.2, 0) is 0 Å².